The van der Waals surface area contributed by atoms with E-state index in [0.29, 0.717) is 33.7 Å². The molecule has 2 aromatic rings. The molecule has 11 nitrogen and oxygen atoms in total. The molecule has 1 aromatic heterocycles. The van der Waals surface area contributed by atoms with Gasteiger partial charge in [-0.25, -0.2) is 29.4 Å². The third-order valence-corrected chi connectivity index (χ3v) is 6.79. The first kappa shape index (κ1) is 27.7. The predicted molar refractivity (Wildman–Crippen MR) is 140 cm³/mol. The molecule has 0 aliphatic carbocycles. The number of aromatic nitrogens is 2. The lowest BCUT2D eigenvalue weighted by molar-refractivity contribution is -0.145. The van der Waals surface area contributed by atoms with Gasteiger partial charge in [0.25, 0.3) is 0 Å². The molecule has 2 aliphatic rings. The van der Waals surface area contributed by atoms with E-state index in [9.17, 15) is 14.0 Å². The lowest BCUT2D eigenvalue weighted by atomic mass is 9.95. The van der Waals surface area contributed by atoms with Crippen LogP contribution in [0.2, 0.25) is 0 Å². The number of nitrogens with two attached hydrogens (primary N) is 1. The van der Waals surface area contributed by atoms with Crippen LogP contribution in [0, 0.1) is 12.7 Å². The molecule has 1 saturated heterocycles. The van der Waals surface area contributed by atoms with Gasteiger partial charge < -0.3 is 15.2 Å². The lowest BCUT2D eigenvalue weighted by Gasteiger charge is -2.27. The van der Waals surface area contributed by atoms with Gasteiger partial charge in [-0.3, -0.25) is 14.7 Å². The molecule has 0 spiro atoms. The molecule has 1 aromatic carbocycles. The van der Waals surface area contributed by atoms with Crippen molar-refractivity contribution in [1.82, 2.24) is 20.3 Å². The number of hydrogen-bond acceptors (Lipinski definition) is 10. The number of aliphatic imine (C=N–C) groups is 1. The molecule has 38 heavy (non-hydrogen) atoms. The highest BCUT2D eigenvalue weighted by atomic mass is 79.9. The standard InChI is InChI=1S/C25H30BrFN6O5/c1-12-20-18(31-23(28)29-12)10-17(15-7-6-13(27)8-16(15)26)30-21(20)32-38-14-9-19(22(34)36-5)33(11-14)24(35)37-25(2,3)4/h6-8,14,17,19H,9-11H2,1-5H3,(H,30,32)(H2,28,29,31)/t14-,17?,19+/m1/s1. The summed E-state index contributed by atoms with van der Waals surface area (Å²) in [6, 6.07) is 3.12. The maximum absolute atomic E-state index is 13.7. The number of anilines is 1. The molecule has 3 atom stereocenters. The van der Waals surface area contributed by atoms with Crippen LogP contribution in [-0.4, -0.2) is 64.2 Å². The normalized spacial score (nSPS) is 21.0. The van der Waals surface area contributed by atoms with E-state index < -0.39 is 35.9 Å². The number of likely N-dealkylation sites (tertiary alicyclic amines) is 1. The van der Waals surface area contributed by atoms with Crippen molar-refractivity contribution < 1.29 is 28.3 Å². The van der Waals surface area contributed by atoms with Crippen molar-refractivity contribution in [2.75, 3.05) is 19.4 Å². The number of hydrogen-bond donors (Lipinski definition) is 2. The highest BCUT2D eigenvalue weighted by Crippen LogP contribution is 2.34. The summed E-state index contributed by atoms with van der Waals surface area (Å²) in [7, 11) is 1.26. The van der Waals surface area contributed by atoms with Crippen molar-refractivity contribution in [3.8, 4) is 0 Å². The minimum Gasteiger partial charge on any atom is -0.467 e. The molecule has 3 heterocycles. The van der Waals surface area contributed by atoms with Crippen molar-refractivity contribution >= 4 is 39.8 Å². The second-order valence-corrected chi connectivity index (χ2v) is 11.0. The first-order chi connectivity index (χ1) is 17.9. The second kappa shape index (κ2) is 10.8. The maximum Gasteiger partial charge on any atom is 0.411 e. The number of carbonyl (C=O) groups excluding carboxylic acids is 2. The Balaban J connectivity index is 1.59. The average Bonchev–Trinajstić information content (AvgIpc) is 3.25. The van der Waals surface area contributed by atoms with Crippen molar-refractivity contribution in [3.63, 3.8) is 0 Å². The number of ether oxygens (including phenoxy) is 2. The van der Waals surface area contributed by atoms with Crippen LogP contribution >= 0.6 is 15.9 Å². The zero-order chi connectivity index (χ0) is 27.8. The van der Waals surface area contributed by atoms with Gasteiger partial charge in [-0.1, -0.05) is 22.0 Å². The predicted octanol–water partition coefficient (Wildman–Crippen LogP) is 3.39. The second-order valence-electron chi connectivity index (χ2n) is 10.1. The molecule has 3 N–H and O–H groups in total. The Morgan fingerprint density at radius 2 is 2.00 bits per heavy atom. The molecular weight excluding hydrogens is 563 g/mol. The van der Waals surface area contributed by atoms with E-state index in [0.717, 1.165) is 5.56 Å². The Hall–Kier alpha value is -3.32. The molecule has 0 saturated carbocycles. The van der Waals surface area contributed by atoms with Crippen molar-refractivity contribution in [2.24, 2.45) is 4.99 Å². The fourth-order valence-corrected chi connectivity index (χ4v) is 5.11. The molecule has 1 amide bonds. The number of amidine groups is 1. The van der Waals surface area contributed by atoms with E-state index in [1.54, 1.807) is 33.8 Å². The fraction of sp³-hybridized carbons (Fsp3) is 0.480. The summed E-state index contributed by atoms with van der Waals surface area (Å²) in [6.07, 6.45) is -0.618. The highest BCUT2D eigenvalue weighted by Gasteiger charge is 2.43. The summed E-state index contributed by atoms with van der Waals surface area (Å²) < 4.78 is 24.6. The highest BCUT2D eigenvalue weighted by molar-refractivity contribution is 9.10. The molecule has 0 radical (unpaired) electrons. The minimum absolute atomic E-state index is 0.0893. The molecule has 1 unspecified atom stereocenters. The SMILES string of the molecule is COC(=O)[C@@H]1C[C@@H](ONC2=NC(c3ccc(F)cc3Br)Cc3nc(N)nc(C)c32)CN1C(=O)OC(C)(C)C. The molecular formula is C25H30BrFN6O5. The van der Waals surface area contributed by atoms with Gasteiger partial charge in [0.05, 0.1) is 36.6 Å². The monoisotopic (exact) mass is 592 g/mol. The van der Waals surface area contributed by atoms with E-state index in [4.69, 9.17) is 25.0 Å². The lowest BCUT2D eigenvalue weighted by Crippen LogP contribution is -2.44. The van der Waals surface area contributed by atoms with E-state index in [-0.39, 0.29) is 24.7 Å². The molecule has 1 fully saturated rings. The number of nitrogen functional groups attached to an aromatic ring is 1. The largest absolute Gasteiger partial charge is 0.467 e. The number of esters is 1. The van der Waals surface area contributed by atoms with Crippen LogP contribution in [0.1, 0.15) is 55.7 Å². The van der Waals surface area contributed by atoms with Crippen LogP contribution in [0.4, 0.5) is 15.1 Å². The van der Waals surface area contributed by atoms with Crippen molar-refractivity contribution in [3.05, 3.63) is 51.0 Å². The number of aryl methyl sites for hydroxylation is 1. The number of carbonyl (C=O) groups is 2. The summed E-state index contributed by atoms with van der Waals surface area (Å²) in [5, 5.41) is 0. The quantitative estimate of drug-likeness (QED) is 0.403. The summed E-state index contributed by atoms with van der Waals surface area (Å²) in [5.74, 6) is -0.454. The Kier molecular flexibility index (Phi) is 7.88. The van der Waals surface area contributed by atoms with Crippen LogP contribution in [0.3, 0.4) is 0 Å². The van der Waals surface area contributed by atoms with Gasteiger partial charge in [0.2, 0.25) is 5.95 Å². The van der Waals surface area contributed by atoms with Gasteiger partial charge in [-0.05, 0) is 45.4 Å². The average molecular weight is 593 g/mol. The van der Waals surface area contributed by atoms with Crippen LogP contribution in [0.15, 0.2) is 27.7 Å². The van der Waals surface area contributed by atoms with E-state index in [1.807, 2.05) is 0 Å². The number of rotatable bonds is 4. The van der Waals surface area contributed by atoms with Crippen LogP contribution in [0.25, 0.3) is 0 Å². The van der Waals surface area contributed by atoms with Gasteiger partial charge in [-0.15, -0.1) is 0 Å². The van der Waals surface area contributed by atoms with Gasteiger partial charge in [0, 0.05) is 17.3 Å². The Bertz CT molecular complexity index is 1280. The summed E-state index contributed by atoms with van der Waals surface area (Å²) >= 11 is 3.42. The molecule has 13 heteroatoms. The minimum atomic E-state index is -0.866. The zero-order valence-electron chi connectivity index (χ0n) is 21.7. The third-order valence-electron chi connectivity index (χ3n) is 6.10. The number of nitrogens with zero attached hydrogens (tertiary/aromatic N) is 4. The first-order valence-electron chi connectivity index (χ1n) is 12.0. The molecule has 4 rings (SSSR count). The number of hydroxylamine groups is 1. The Labute approximate surface area is 228 Å². The van der Waals surface area contributed by atoms with Gasteiger partial charge in [0.1, 0.15) is 23.6 Å². The van der Waals surface area contributed by atoms with Crippen molar-refractivity contribution in [2.45, 2.75) is 64.3 Å². The zero-order valence-corrected chi connectivity index (χ0v) is 23.3. The maximum atomic E-state index is 13.7. The number of amides is 1. The van der Waals surface area contributed by atoms with Gasteiger partial charge in [0.15, 0.2) is 5.84 Å². The Morgan fingerprint density at radius 1 is 1.26 bits per heavy atom. The number of benzene rings is 1. The molecule has 204 valence electrons. The van der Waals surface area contributed by atoms with E-state index in [2.05, 4.69) is 31.4 Å². The van der Waals surface area contributed by atoms with Crippen LogP contribution < -0.4 is 11.2 Å². The fourth-order valence-electron chi connectivity index (χ4n) is 4.49. The van der Waals surface area contributed by atoms with Crippen molar-refractivity contribution in [1.29, 1.82) is 0 Å². The topological polar surface area (TPSA) is 141 Å². The number of nitrogens with one attached hydrogen (secondary N) is 1. The van der Waals surface area contributed by atoms with Crippen LogP contribution in [-0.2, 0) is 25.5 Å². The van der Waals surface area contributed by atoms with E-state index >= 15 is 0 Å². The van der Waals surface area contributed by atoms with Crippen LogP contribution in [0.5, 0.6) is 0 Å². The summed E-state index contributed by atoms with van der Waals surface area (Å²) in [6.45, 7) is 7.11. The van der Waals surface area contributed by atoms with E-state index in [1.165, 1.54) is 24.1 Å². The number of methoxy groups -OCH3 is 1. The third kappa shape index (κ3) is 6.04. The first-order valence-corrected chi connectivity index (χ1v) is 12.8. The molecule has 0 bridgehead atoms. The molecule has 2 aliphatic heterocycles. The summed E-state index contributed by atoms with van der Waals surface area (Å²) in [5.41, 5.74) is 10.7. The number of fused-ring (bicyclic) bond motifs is 1. The smallest absolute Gasteiger partial charge is 0.411 e. The summed E-state index contributed by atoms with van der Waals surface area (Å²) in [4.78, 5) is 45.9. The number of halogens is 2. The van der Waals surface area contributed by atoms with Gasteiger partial charge in [-0.2, -0.15) is 0 Å². The van der Waals surface area contributed by atoms with Gasteiger partial charge >= 0.3 is 12.1 Å². The Morgan fingerprint density at radius 3 is 2.66 bits per heavy atom.